The first-order valence-corrected chi connectivity index (χ1v) is 12.2. The number of hydrogen-bond donors (Lipinski definition) is 0. The van der Waals surface area contributed by atoms with Crippen molar-refractivity contribution in [3.63, 3.8) is 0 Å². The van der Waals surface area contributed by atoms with Crippen molar-refractivity contribution < 1.29 is 27.7 Å². The average molecular weight is 465 g/mol. The molecule has 1 aliphatic heterocycles. The molecule has 164 valence electrons. The normalized spacial score (nSPS) is 13.0. The van der Waals surface area contributed by atoms with Crippen LogP contribution in [0.2, 0.25) is 0 Å². The molecule has 0 aromatic heterocycles. The minimum atomic E-state index is -3.39. The molecular formula is C20H20N2O7S2. The number of fused-ring (bicyclic) bond motifs is 1. The zero-order valence-corrected chi connectivity index (χ0v) is 18.5. The van der Waals surface area contributed by atoms with Crippen LogP contribution in [0.25, 0.3) is 0 Å². The van der Waals surface area contributed by atoms with Crippen molar-refractivity contribution in [1.82, 2.24) is 0 Å². The van der Waals surface area contributed by atoms with Crippen LogP contribution in [0.5, 0.6) is 0 Å². The van der Waals surface area contributed by atoms with Crippen LogP contribution in [0, 0.1) is 10.1 Å². The molecule has 3 rings (SSSR count). The fourth-order valence-corrected chi connectivity index (χ4v) is 4.85. The summed E-state index contributed by atoms with van der Waals surface area (Å²) in [4.78, 5) is 36.1. The van der Waals surface area contributed by atoms with Gasteiger partial charge in [0.25, 0.3) is 5.69 Å². The van der Waals surface area contributed by atoms with E-state index in [2.05, 4.69) is 0 Å². The summed E-state index contributed by atoms with van der Waals surface area (Å²) in [5.74, 6) is -1.47. The topological polar surface area (TPSA) is 124 Å². The van der Waals surface area contributed by atoms with Crippen LogP contribution in [-0.2, 0) is 21.2 Å². The number of ketones is 1. The number of rotatable bonds is 8. The molecule has 0 spiro atoms. The highest BCUT2D eigenvalue weighted by atomic mass is 32.2. The second-order valence-electron chi connectivity index (χ2n) is 6.71. The summed E-state index contributed by atoms with van der Waals surface area (Å²) in [7, 11) is -3.39. The Labute approximate surface area is 183 Å². The van der Waals surface area contributed by atoms with Gasteiger partial charge in [-0.2, -0.15) is 0 Å². The number of nitrogens with zero attached hydrogens (tertiary/aromatic N) is 2. The standard InChI is InChI=1S/C20H20N2O7S2/c1-3-31(27,28)21-9-8-13-10-14(4-6-17(13)21)19(23)12-29-20(24)16-11-15(30-2)5-7-18(16)22(25)26/h4-7,10-11H,3,8-9,12H2,1-2H3. The molecule has 9 nitrogen and oxygen atoms in total. The van der Waals surface area contributed by atoms with Gasteiger partial charge in [-0.25, -0.2) is 13.2 Å². The van der Waals surface area contributed by atoms with Gasteiger partial charge in [-0.1, -0.05) is 0 Å². The number of hydrogen-bond acceptors (Lipinski definition) is 8. The van der Waals surface area contributed by atoms with Crippen LogP contribution in [0.15, 0.2) is 41.3 Å². The molecule has 2 aromatic carbocycles. The van der Waals surface area contributed by atoms with E-state index in [1.54, 1.807) is 25.3 Å². The Bertz CT molecular complexity index is 1160. The zero-order valence-electron chi connectivity index (χ0n) is 16.9. The van der Waals surface area contributed by atoms with Crippen LogP contribution < -0.4 is 4.31 Å². The van der Waals surface area contributed by atoms with Gasteiger partial charge >= 0.3 is 5.97 Å². The highest BCUT2D eigenvalue weighted by molar-refractivity contribution is 7.98. The summed E-state index contributed by atoms with van der Waals surface area (Å²) in [6.45, 7) is 1.29. The quantitative estimate of drug-likeness (QED) is 0.192. The van der Waals surface area contributed by atoms with E-state index in [1.807, 2.05) is 0 Å². The average Bonchev–Trinajstić information content (AvgIpc) is 3.20. The summed E-state index contributed by atoms with van der Waals surface area (Å²) < 4.78 is 30.7. The summed E-state index contributed by atoms with van der Waals surface area (Å²) in [6, 6.07) is 8.74. The number of carbonyl (C=O) groups excluding carboxylic acids is 2. The summed E-state index contributed by atoms with van der Waals surface area (Å²) >= 11 is 1.31. The maximum Gasteiger partial charge on any atom is 0.345 e. The first-order valence-electron chi connectivity index (χ1n) is 9.34. The monoisotopic (exact) mass is 464 g/mol. The van der Waals surface area contributed by atoms with Crippen LogP contribution in [0.4, 0.5) is 11.4 Å². The molecule has 0 fully saturated rings. The van der Waals surface area contributed by atoms with Crippen molar-refractivity contribution in [2.45, 2.75) is 18.2 Å². The number of ether oxygens (including phenoxy) is 1. The molecule has 0 amide bonds. The van der Waals surface area contributed by atoms with E-state index in [0.29, 0.717) is 23.5 Å². The number of anilines is 1. The maximum absolute atomic E-state index is 12.5. The van der Waals surface area contributed by atoms with Crippen molar-refractivity contribution >= 4 is 44.9 Å². The van der Waals surface area contributed by atoms with Gasteiger partial charge in [0, 0.05) is 23.1 Å². The van der Waals surface area contributed by atoms with Gasteiger partial charge in [0.15, 0.2) is 12.4 Å². The predicted octanol–water partition coefficient (Wildman–Crippen LogP) is 3.07. The number of nitro benzene ring substituents is 1. The van der Waals surface area contributed by atoms with E-state index in [0.717, 1.165) is 5.56 Å². The molecule has 0 saturated heterocycles. The van der Waals surface area contributed by atoms with Crippen LogP contribution in [0.3, 0.4) is 0 Å². The van der Waals surface area contributed by atoms with Gasteiger partial charge in [-0.15, -0.1) is 11.8 Å². The van der Waals surface area contributed by atoms with Crippen LogP contribution >= 0.6 is 11.8 Å². The number of thioether (sulfide) groups is 1. The highest BCUT2D eigenvalue weighted by Crippen LogP contribution is 2.31. The van der Waals surface area contributed by atoms with Crippen LogP contribution in [0.1, 0.15) is 33.2 Å². The van der Waals surface area contributed by atoms with Crippen LogP contribution in [-0.4, -0.2) is 50.3 Å². The molecule has 0 aliphatic carbocycles. The summed E-state index contributed by atoms with van der Waals surface area (Å²) in [6.07, 6.45) is 2.24. The van der Waals surface area contributed by atoms with Gasteiger partial charge in [0.2, 0.25) is 10.0 Å². The lowest BCUT2D eigenvalue weighted by atomic mass is 10.1. The first-order chi connectivity index (χ1) is 14.7. The second kappa shape index (κ2) is 9.06. The number of Topliss-reactive ketones (excluding diaryl/α,β-unsaturated/α-hetero) is 1. The molecule has 1 heterocycles. The Morgan fingerprint density at radius 2 is 1.97 bits per heavy atom. The van der Waals surface area contributed by atoms with Gasteiger partial charge in [-0.05, 0) is 55.5 Å². The molecule has 0 N–H and O–H groups in total. The first kappa shape index (κ1) is 22.8. The molecule has 0 saturated carbocycles. The van der Waals surface area contributed by atoms with E-state index >= 15 is 0 Å². The Balaban J connectivity index is 1.74. The Morgan fingerprint density at radius 3 is 2.61 bits per heavy atom. The Kier molecular flexibility index (Phi) is 6.65. The van der Waals surface area contributed by atoms with E-state index in [9.17, 15) is 28.1 Å². The van der Waals surface area contributed by atoms with Gasteiger partial charge in [0.05, 0.1) is 16.4 Å². The molecule has 0 radical (unpaired) electrons. The fraction of sp³-hybridized carbons (Fsp3) is 0.300. The van der Waals surface area contributed by atoms with E-state index in [4.69, 9.17) is 4.74 Å². The van der Waals surface area contributed by atoms with Gasteiger partial charge < -0.3 is 4.74 Å². The zero-order chi connectivity index (χ0) is 22.8. The minimum absolute atomic E-state index is 0.0209. The lowest BCUT2D eigenvalue weighted by molar-refractivity contribution is -0.385. The lowest BCUT2D eigenvalue weighted by Gasteiger charge is -2.18. The lowest BCUT2D eigenvalue weighted by Crippen LogP contribution is -2.30. The molecule has 0 bridgehead atoms. The van der Waals surface area contributed by atoms with E-state index < -0.39 is 39.0 Å². The summed E-state index contributed by atoms with van der Waals surface area (Å²) in [5.41, 5.74) is 0.913. The van der Waals surface area contributed by atoms with Crippen molar-refractivity contribution in [3.05, 3.63) is 63.2 Å². The second-order valence-corrected chi connectivity index (χ2v) is 9.77. The Hall–Kier alpha value is -2.92. The molecular weight excluding hydrogens is 444 g/mol. The molecule has 1 aliphatic rings. The third-order valence-corrected chi connectivity index (χ3v) is 7.42. The minimum Gasteiger partial charge on any atom is -0.454 e. The summed E-state index contributed by atoms with van der Waals surface area (Å²) in [5, 5.41) is 11.2. The van der Waals surface area contributed by atoms with Crippen molar-refractivity contribution in [2.24, 2.45) is 0 Å². The van der Waals surface area contributed by atoms with Crippen molar-refractivity contribution in [3.8, 4) is 0 Å². The third kappa shape index (κ3) is 4.72. The third-order valence-electron chi connectivity index (χ3n) is 4.91. The SMILES string of the molecule is CCS(=O)(=O)N1CCc2cc(C(=O)COC(=O)c3cc(SC)ccc3[N+](=O)[O-])ccc21. The fourth-order valence-electron chi connectivity index (χ4n) is 3.25. The number of carbonyl (C=O) groups is 2. The number of benzene rings is 2. The van der Waals surface area contributed by atoms with E-state index in [-0.39, 0.29) is 16.9 Å². The van der Waals surface area contributed by atoms with E-state index in [1.165, 1.54) is 40.3 Å². The van der Waals surface area contributed by atoms with Gasteiger partial charge in [-0.3, -0.25) is 19.2 Å². The highest BCUT2D eigenvalue weighted by Gasteiger charge is 2.29. The molecule has 0 unspecified atom stereocenters. The number of esters is 1. The maximum atomic E-state index is 12.5. The smallest absolute Gasteiger partial charge is 0.345 e. The molecule has 2 aromatic rings. The predicted molar refractivity (Wildman–Crippen MR) is 116 cm³/mol. The largest absolute Gasteiger partial charge is 0.454 e. The van der Waals surface area contributed by atoms with Gasteiger partial charge in [0.1, 0.15) is 5.56 Å². The number of sulfonamides is 1. The van der Waals surface area contributed by atoms with Crippen molar-refractivity contribution in [2.75, 3.05) is 29.5 Å². The molecule has 31 heavy (non-hydrogen) atoms. The Morgan fingerprint density at radius 1 is 1.23 bits per heavy atom. The van der Waals surface area contributed by atoms with Crippen molar-refractivity contribution in [1.29, 1.82) is 0 Å². The molecule has 11 heteroatoms. The number of nitro groups is 1. The molecule has 0 atom stereocenters.